The molecule has 1 aromatic heterocycles. The van der Waals surface area contributed by atoms with Gasteiger partial charge in [-0.15, -0.1) is 10.2 Å². The third-order valence-corrected chi connectivity index (χ3v) is 4.91. The number of nitrogens with zero attached hydrogens (tertiary/aromatic N) is 2. The Hall–Kier alpha value is -1.82. The molecule has 0 radical (unpaired) electrons. The second-order valence-corrected chi connectivity index (χ2v) is 6.71. The predicted molar refractivity (Wildman–Crippen MR) is 84.5 cm³/mol. The van der Waals surface area contributed by atoms with Gasteiger partial charge in [-0.2, -0.15) is 0 Å². The molecule has 1 aliphatic rings. The number of nitrogens with one attached hydrogen (secondary N) is 1. The van der Waals surface area contributed by atoms with E-state index in [0.717, 1.165) is 42.7 Å². The Morgan fingerprint density at radius 1 is 1.32 bits per heavy atom. The van der Waals surface area contributed by atoms with Crippen LogP contribution in [0.4, 0.5) is 9.52 Å². The topological polar surface area (TPSA) is 54.9 Å². The number of halogens is 1. The summed E-state index contributed by atoms with van der Waals surface area (Å²) in [4.78, 5) is 12.5. The molecule has 0 atom stereocenters. The van der Waals surface area contributed by atoms with Crippen LogP contribution in [0.15, 0.2) is 24.3 Å². The van der Waals surface area contributed by atoms with Gasteiger partial charge >= 0.3 is 0 Å². The molecule has 3 rings (SSSR count). The maximum absolute atomic E-state index is 13.0. The van der Waals surface area contributed by atoms with Crippen LogP contribution in [0, 0.1) is 5.82 Å². The van der Waals surface area contributed by atoms with E-state index in [1.165, 1.54) is 23.5 Å². The first-order valence-electron chi connectivity index (χ1n) is 7.54. The zero-order valence-corrected chi connectivity index (χ0v) is 13.3. The van der Waals surface area contributed by atoms with Gasteiger partial charge in [-0.25, -0.2) is 4.39 Å². The fourth-order valence-corrected chi connectivity index (χ4v) is 3.27. The number of unbranched alkanes of at least 4 members (excludes halogenated alkanes) is 1. The van der Waals surface area contributed by atoms with Crippen molar-refractivity contribution in [2.24, 2.45) is 0 Å². The normalized spacial score (nSPS) is 15.5. The van der Waals surface area contributed by atoms with Crippen molar-refractivity contribution < 1.29 is 9.18 Å². The lowest BCUT2D eigenvalue weighted by molar-refractivity contribution is -0.118. The van der Waals surface area contributed by atoms with Crippen LogP contribution < -0.4 is 5.32 Å². The summed E-state index contributed by atoms with van der Waals surface area (Å²) in [5, 5.41) is 12.5. The maximum atomic E-state index is 13.0. The second-order valence-electron chi connectivity index (χ2n) is 5.65. The van der Waals surface area contributed by atoms with Crippen molar-refractivity contribution in [3.05, 3.63) is 40.7 Å². The number of amides is 1. The fourth-order valence-electron chi connectivity index (χ4n) is 2.49. The highest BCUT2D eigenvalue weighted by Crippen LogP contribution is 2.49. The monoisotopic (exact) mass is 319 g/mol. The molecule has 0 unspecified atom stereocenters. The molecule has 1 fully saturated rings. The van der Waals surface area contributed by atoms with E-state index in [4.69, 9.17) is 0 Å². The molecule has 0 saturated heterocycles. The van der Waals surface area contributed by atoms with Crippen molar-refractivity contribution in [2.75, 3.05) is 5.32 Å². The van der Waals surface area contributed by atoms with Crippen molar-refractivity contribution in [3.8, 4) is 0 Å². The number of benzene rings is 1. The average Bonchev–Trinajstić information content (AvgIpc) is 3.21. The van der Waals surface area contributed by atoms with Crippen molar-refractivity contribution in [1.82, 2.24) is 10.2 Å². The minimum atomic E-state index is -0.525. The van der Waals surface area contributed by atoms with Crippen molar-refractivity contribution >= 4 is 22.4 Å². The van der Waals surface area contributed by atoms with Gasteiger partial charge in [-0.05, 0) is 37.0 Å². The van der Waals surface area contributed by atoms with E-state index in [0.29, 0.717) is 5.13 Å². The van der Waals surface area contributed by atoms with E-state index >= 15 is 0 Å². The van der Waals surface area contributed by atoms with Crippen LogP contribution in [0.2, 0.25) is 0 Å². The molecule has 0 bridgehead atoms. The van der Waals surface area contributed by atoms with E-state index in [-0.39, 0.29) is 11.7 Å². The van der Waals surface area contributed by atoms with Crippen molar-refractivity contribution in [2.45, 2.75) is 44.4 Å². The fraction of sp³-hybridized carbons (Fsp3) is 0.438. The average molecular weight is 319 g/mol. The lowest BCUT2D eigenvalue weighted by Gasteiger charge is -2.14. The summed E-state index contributed by atoms with van der Waals surface area (Å²) >= 11 is 1.43. The molecular formula is C16H18FN3OS. The smallest absolute Gasteiger partial charge is 0.236 e. The van der Waals surface area contributed by atoms with Gasteiger partial charge in [-0.3, -0.25) is 10.1 Å². The van der Waals surface area contributed by atoms with E-state index in [1.54, 1.807) is 12.1 Å². The number of rotatable bonds is 6. The zero-order valence-electron chi connectivity index (χ0n) is 12.4. The van der Waals surface area contributed by atoms with Crippen LogP contribution in [0.5, 0.6) is 0 Å². The molecule has 6 heteroatoms. The molecule has 1 saturated carbocycles. The first-order chi connectivity index (χ1) is 10.6. The quantitative estimate of drug-likeness (QED) is 0.883. The Kier molecular flexibility index (Phi) is 4.20. The third-order valence-electron chi connectivity index (χ3n) is 4.01. The minimum absolute atomic E-state index is 0.0719. The number of carbonyl (C=O) groups is 1. The van der Waals surface area contributed by atoms with Crippen molar-refractivity contribution in [1.29, 1.82) is 0 Å². The number of carbonyl (C=O) groups excluding carboxylic acids is 1. The zero-order chi connectivity index (χ0) is 15.6. The van der Waals surface area contributed by atoms with Gasteiger partial charge in [0.05, 0.1) is 5.41 Å². The Labute approximate surface area is 132 Å². The molecule has 4 nitrogen and oxygen atoms in total. The van der Waals surface area contributed by atoms with Gasteiger partial charge < -0.3 is 0 Å². The number of aryl methyl sites for hydroxylation is 1. The van der Waals surface area contributed by atoms with E-state index in [9.17, 15) is 9.18 Å². The van der Waals surface area contributed by atoms with Crippen LogP contribution >= 0.6 is 11.3 Å². The molecule has 0 spiro atoms. The highest BCUT2D eigenvalue weighted by molar-refractivity contribution is 7.15. The van der Waals surface area contributed by atoms with Gasteiger partial charge in [-0.1, -0.05) is 36.8 Å². The Morgan fingerprint density at radius 3 is 2.68 bits per heavy atom. The Balaban J connectivity index is 1.69. The summed E-state index contributed by atoms with van der Waals surface area (Å²) in [6.07, 6.45) is 4.64. The molecule has 116 valence electrons. The lowest BCUT2D eigenvalue weighted by Crippen LogP contribution is -2.27. The number of anilines is 1. The molecule has 22 heavy (non-hydrogen) atoms. The van der Waals surface area contributed by atoms with Gasteiger partial charge in [0.15, 0.2) is 0 Å². The largest absolute Gasteiger partial charge is 0.300 e. The summed E-state index contributed by atoms with van der Waals surface area (Å²) in [7, 11) is 0. The number of hydrogen-bond acceptors (Lipinski definition) is 4. The molecule has 2 aromatic rings. The van der Waals surface area contributed by atoms with E-state index < -0.39 is 5.41 Å². The SMILES string of the molecule is CCCCc1nnc(NC(=O)C2(c3ccc(F)cc3)CC2)s1. The Morgan fingerprint density at radius 2 is 2.05 bits per heavy atom. The first-order valence-corrected chi connectivity index (χ1v) is 8.35. The van der Waals surface area contributed by atoms with Crippen LogP contribution in [0.3, 0.4) is 0 Å². The van der Waals surface area contributed by atoms with Gasteiger partial charge in [0.25, 0.3) is 0 Å². The molecule has 1 N–H and O–H groups in total. The van der Waals surface area contributed by atoms with Crippen LogP contribution in [0.25, 0.3) is 0 Å². The summed E-state index contributed by atoms with van der Waals surface area (Å²) < 4.78 is 13.0. The maximum Gasteiger partial charge on any atom is 0.236 e. The number of hydrogen-bond donors (Lipinski definition) is 1. The second kappa shape index (κ2) is 6.12. The van der Waals surface area contributed by atoms with Crippen LogP contribution in [-0.4, -0.2) is 16.1 Å². The van der Waals surface area contributed by atoms with Gasteiger partial charge in [0, 0.05) is 6.42 Å². The van der Waals surface area contributed by atoms with E-state index in [2.05, 4.69) is 22.4 Å². The standard InChI is InChI=1S/C16H18FN3OS/c1-2-3-4-13-19-20-15(22-13)18-14(21)16(9-10-16)11-5-7-12(17)8-6-11/h5-8H,2-4,9-10H2,1H3,(H,18,20,21). The highest BCUT2D eigenvalue weighted by atomic mass is 32.1. The molecule has 1 aromatic carbocycles. The lowest BCUT2D eigenvalue weighted by atomic mass is 9.95. The van der Waals surface area contributed by atoms with Crippen LogP contribution in [0.1, 0.15) is 43.2 Å². The summed E-state index contributed by atoms with van der Waals surface area (Å²) in [6, 6.07) is 6.18. The molecule has 1 heterocycles. The third kappa shape index (κ3) is 3.02. The van der Waals surface area contributed by atoms with E-state index in [1.807, 2.05) is 0 Å². The molecule has 0 aliphatic heterocycles. The predicted octanol–water partition coefficient (Wildman–Crippen LogP) is 3.69. The summed E-state index contributed by atoms with van der Waals surface area (Å²) in [5.74, 6) is -0.359. The summed E-state index contributed by atoms with van der Waals surface area (Å²) in [6.45, 7) is 2.13. The minimum Gasteiger partial charge on any atom is -0.300 e. The van der Waals surface area contributed by atoms with Gasteiger partial charge in [0.2, 0.25) is 11.0 Å². The highest BCUT2D eigenvalue weighted by Gasteiger charge is 2.51. The van der Waals surface area contributed by atoms with Crippen molar-refractivity contribution in [3.63, 3.8) is 0 Å². The number of aromatic nitrogens is 2. The Bertz CT molecular complexity index is 664. The first kappa shape index (κ1) is 15.1. The van der Waals surface area contributed by atoms with Crippen LogP contribution in [-0.2, 0) is 16.6 Å². The molecule has 1 amide bonds. The molecule has 1 aliphatic carbocycles. The van der Waals surface area contributed by atoms with Gasteiger partial charge in [0.1, 0.15) is 10.8 Å². The summed E-state index contributed by atoms with van der Waals surface area (Å²) in [5.41, 5.74) is 0.338. The molecular weight excluding hydrogens is 301 g/mol.